The van der Waals surface area contributed by atoms with Gasteiger partial charge < -0.3 is 15.5 Å². The second-order valence-corrected chi connectivity index (χ2v) is 6.13. The van der Waals surface area contributed by atoms with Gasteiger partial charge >= 0.3 is 0 Å². The molecule has 0 amide bonds. The van der Waals surface area contributed by atoms with Crippen LogP contribution in [0, 0.1) is 13.8 Å². The lowest BCUT2D eigenvalue weighted by molar-refractivity contribution is 0.414. The van der Waals surface area contributed by atoms with Crippen LogP contribution in [0.3, 0.4) is 0 Å². The van der Waals surface area contributed by atoms with Crippen LogP contribution in [0.4, 0.5) is 0 Å². The van der Waals surface area contributed by atoms with Gasteiger partial charge in [-0.3, -0.25) is 0 Å². The third-order valence-corrected chi connectivity index (χ3v) is 4.68. The Labute approximate surface area is 137 Å². The van der Waals surface area contributed by atoms with Crippen molar-refractivity contribution in [2.45, 2.75) is 26.2 Å². The number of aromatic amines is 1. The van der Waals surface area contributed by atoms with E-state index in [1.807, 2.05) is 6.07 Å². The molecule has 3 heteroatoms. The van der Waals surface area contributed by atoms with Crippen molar-refractivity contribution >= 4 is 10.9 Å². The van der Waals surface area contributed by atoms with Gasteiger partial charge in [0.05, 0.1) is 7.11 Å². The highest BCUT2D eigenvalue weighted by atomic mass is 16.5. The monoisotopic (exact) mass is 308 g/mol. The van der Waals surface area contributed by atoms with E-state index in [1.165, 1.54) is 33.3 Å². The first-order chi connectivity index (χ1) is 11.1. The molecule has 1 unspecified atom stereocenters. The first-order valence-electron chi connectivity index (χ1n) is 8.04. The lowest BCUT2D eigenvalue weighted by atomic mass is 9.88. The van der Waals surface area contributed by atoms with Gasteiger partial charge in [-0.1, -0.05) is 24.3 Å². The predicted molar refractivity (Wildman–Crippen MR) is 96.3 cm³/mol. The standard InChI is InChI=1S/C20H24N2O/c1-13-10-16(23-3)8-9-17(13)15(12-21)11-19-14(2)22-20-7-5-4-6-18(19)20/h4-10,15,22H,11-12,21H2,1-3H3. The maximum Gasteiger partial charge on any atom is 0.119 e. The van der Waals surface area contributed by atoms with E-state index in [0.29, 0.717) is 12.5 Å². The average Bonchev–Trinajstić information content (AvgIpc) is 2.88. The van der Waals surface area contributed by atoms with Crippen molar-refractivity contribution in [1.29, 1.82) is 0 Å². The van der Waals surface area contributed by atoms with Gasteiger partial charge in [-0.2, -0.15) is 0 Å². The zero-order valence-corrected chi connectivity index (χ0v) is 14.0. The minimum atomic E-state index is 0.304. The summed E-state index contributed by atoms with van der Waals surface area (Å²) in [4.78, 5) is 3.48. The summed E-state index contributed by atoms with van der Waals surface area (Å²) >= 11 is 0. The van der Waals surface area contributed by atoms with Gasteiger partial charge in [0.2, 0.25) is 0 Å². The van der Waals surface area contributed by atoms with E-state index in [0.717, 1.165) is 12.2 Å². The van der Waals surface area contributed by atoms with E-state index in [2.05, 4.69) is 55.2 Å². The number of hydrogen-bond donors (Lipinski definition) is 2. The Hall–Kier alpha value is -2.26. The van der Waals surface area contributed by atoms with Crippen LogP contribution in [0.15, 0.2) is 42.5 Å². The minimum absolute atomic E-state index is 0.304. The third-order valence-electron chi connectivity index (χ3n) is 4.68. The first-order valence-corrected chi connectivity index (χ1v) is 8.04. The second kappa shape index (κ2) is 6.47. The van der Waals surface area contributed by atoms with Crippen LogP contribution >= 0.6 is 0 Å². The summed E-state index contributed by atoms with van der Waals surface area (Å²) in [5.41, 5.74) is 12.4. The van der Waals surface area contributed by atoms with Crippen molar-refractivity contribution in [1.82, 2.24) is 4.98 Å². The van der Waals surface area contributed by atoms with Crippen LogP contribution in [0.25, 0.3) is 10.9 Å². The number of nitrogens with two attached hydrogens (primary N) is 1. The number of hydrogen-bond acceptors (Lipinski definition) is 2. The van der Waals surface area contributed by atoms with Gasteiger partial charge in [0, 0.05) is 22.5 Å². The molecule has 0 aliphatic heterocycles. The number of methoxy groups -OCH3 is 1. The van der Waals surface area contributed by atoms with E-state index < -0.39 is 0 Å². The van der Waals surface area contributed by atoms with Gasteiger partial charge in [-0.05, 0) is 61.7 Å². The van der Waals surface area contributed by atoms with Crippen LogP contribution in [-0.2, 0) is 6.42 Å². The van der Waals surface area contributed by atoms with Crippen LogP contribution in [0.1, 0.15) is 28.3 Å². The van der Waals surface area contributed by atoms with Gasteiger partial charge in [0.15, 0.2) is 0 Å². The summed E-state index contributed by atoms with van der Waals surface area (Å²) in [6.45, 7) is 4.90. The number of H-pyrrole nitrogens is 1. The molecule has 1 atom stereocenters. The molecule has 120 valence electrons. The van der Waals surface area contributed by atoms with E-state index >= 15 is 0 Å². The Kier molecular flexibility index (Phi) is 4.39. The van der Waals surface area contributed by atoms with Gasteiger partial charge in [-0.15, -0.1) is 0 Å². The Bertz CT molecular complexity index is 820. The minimum Gasteiger partial charge on any atom is -0.497 e. The Morgan fingerprint density at radius 2 is 1.91 bits per heavy atom. The second-order valence-electron chi connectivity index (χ2n) is 6.13. The van der Waals surface area contributed by atoms with Crippen LogP contribution in [-0.4, -0.2) is 18.6 Å². The van der Waals surface area contributed by atoms with Crippen LogP contribution < -0.4 is 10.5 Å². The van der Waals surface area contributed by atoms with Crippen molar-refractivity contribution in [3.8, 4) is 5.75 Å². The van der Waals surface area contributed by atoms with E-state index in [9.17, 15) is 0 Å². The number of benzene rings is 2. The maximum atomic E-state index is 6.11. The zero-order chi connectivity index (χ0) is 16.4. The Morgan fingerprint density at radius 1 is 1.13 bits per heavy atom. The lowest BCUT2D eigenvalue weighted by Gasteiger charge is -2.19. The average molecular weight is 308 g/mol. The Morgan fingerprint density at radius 3 is 2.61 bits per heavy atom. The lowest BCUT2D eigenvalue weighted by Crippen LogP contribution is -2.16. The highest BCUT2D eigenvalue weighted by Crippen LogP contribution is 2.30. The molecule has 3 aromatic rings. The molecule has 0 aliphatic rings. The van der Waals surface area contributed by atoms with Crippen molar-refractivity contribution < 1.29 is 4.74 Å². The molecular formula is C20H24N2O. The number of rotatable bonds is 5. The summed E-state index contributed by atoms with van der Waals surface area (Å²) in [5.74, 6) is 1.20. The molecule has 3 rings (SSSR count). The zero-order valence-electron chi connectivity index (χ0n) is 14.0. The highest BCUT2D eigenvalue weighted by molar-refractivity contribution is 5.84. The molecule has 0 saturated heterocycles. The van der Waals surface area contributed by atoms with Crippen LogP contribution in [0.2, 0.25) is 0 Å². The highest BCUT2D eigenvalue weighted by Gasteiger charge is 2.17. The van der Waals surface area contributed by atoms with E-state index in [4.69, 9.17) is 10.5 Å². The largest absolute Gasteiger partial charge is 0.497 e. The molecule has 0 bridgehead atoms. The smallest absolute Gasteiger partial charge is 0.119 e. The molecule has 0 fully saturated rings. The maximum absolute atomic E-state index is 6.11. The number of ether oxygens (including phenoxy) is 1. The molecular weight excluding hydrogens is 284 g/mol. The van der Waals surface area contributed by atoms with Crippen LogP contribution in [0.5, 0.6) is 5.75 Å². The molecule has 0 aliphatic carbocycles. The van der Waals surface area contributed by atoms with E-state index in [1.54, 1.807) is 7.11 Å². The van der Waals surface area contributed by atoms with E-state index in [-0.39, 0.29) is 0 Å². The summed E-state index contributed by atoms with van der Waals surface area (Å²) < 4.78 is 5.31. The topological polar surface area (TPSA) is 51.0 Å². The fraction of sp³-hybridized carbons (Fsp3) is 0.300. The summed E-state index contributed by atoms with van der Waals surface area (Å²) in [5, 5.41) is 1.30. The Balaban J connectivity index is 1.97. The SMILES string of the molecule is COc1ccc(C(CN)Cc2c(C)[nH]c3ccccc23)c(C)c1. The fourth-order valence-corrected chi connectivity index (χ4v) is 3.40. The van der Waals surface area contributed by atoms with Gasteiger partial charge in [-0.25, -0.2) is 0 Å². The predicted octanol–water partition coefficient (Wildman–Crippen LogP) is 4.08. The van der Waals surface area contributed by atoms with Crippen molar-refractivity contribution in [3.63, 3.8) is 0 Å². The van der Waals surface area contributed by atoms with Crippen molar-refractivity contribution in [2.75, 3.05) is 13.7 Å². The number of aryl methyl sites for hydroxylation is 2. The normalized spacial score (nSPS) is 12.5. The van der Waals surface area contributed by atoms with Gasteiger partial charge in [0.1, 0.15) is 5.75 Å². The third kappa shape index (κ3) is 2.97. The fourth-order valence-electron chi connectivity index (χ4n) is 3.40. The molecule has 0 spiro atoms. The van der Waals surface area contributed by atoms with Crippen molar-refractivity contribution in [3.05, 3.63) is 64.8 Å². The first kappa shape index (κ1) is 15.6. The summed E-state index contributed by atoms with van der Waals surface area (Å²) in [7, 11) is 1.70. The number of fused-ring (bicyclic) bond motifs is 1. The number of aromatic nitrogens is 1. The van der Waals surface area contributed by atoms with Gasteiger partial charge in [0.25, 0.3) is 0 Å². The molecule has 0 radical (unpaired) electrons. The summed E-state index contributed by atoms with van der Waals surface area (Å²) in [6.07, 6.45) is 0.944. The molecule has 3 N–H and O–H groups in total. The molecule has 2 aromatic carbocycles. The molecule has 3 nitrogen and oxygen atoms in total. The molecule has 23 heavy (non-hydrogen) atoms. The molecule has 0 saturated carbocycles. The van der Waals surface area contributed by atoms with Crippen molar-refractivity contribution in [2.24, 2.45) is 5.73 Å². The summed E-state index contributed by atoms with van der Waals surface area (Å²) in [6, 6.07) is 14.7. The number of nitrogens with one attached hydrogen (secondary N) is 1. The molecule has 1 heterocycles. The number of para-hydroxylation sites is 1. The quantitative estimate of drug-likeness (QED) is 0.746. The molecule has 1 aromatic heterocycles.